The van der Waals surface area contributed by atoms with E-state index in [1.807, 2.05) is 0 Å². The number of rotatable bonds is 8. The van der Waals surface area contributed by atoms with E-state index in [0.29, 0.717) is 11.8 Å². The van der Waals surface area contributed by atoms with Crippen molar-refractivity contribution >= 4 is 29.1 Å². The molecule has 2 aliphatic carbocycles. The van der Waals surface area contributed by atoms with Crippen LogP contribution in [0.3, 0.4) is 0 Å². The summed E-state index contributed by atoms with van der Waals surface area (Å²) in [6.07, 6.45) is 0.379. The molecule has 2 saturated carbocycles. The van der Waals surface area contributed by atoms with Crippen LogP contribution >= 0.6 is 0 Å². The maximum atomic E-state index is 13.8. The Morgan fingerprint density at radius 2 is 1.85 bits per heavy atom. The molecule has 4 rings (SSSR count). The number of morpholine rings is 1. The number of hydrogen-bond acceptors (Lipinski definition) is 5. The minimum Gasteiger partial charge on any atom is -0.370 e. The van der Waals surface area contributed by atoms with Gasteiger partial charge in [0.25, 0.3) is 11.8 Å². The number of hydrogen-bond donors (Lipinski definition) is 3. The van der Waals surface area contributed by atoms with Crippen LogP contribution in [0.5, 0.6) is 0 Å². The Morgan fingerprint density at radius 1 is 1.15 bits per heavy atom. The maximum Gasteiger partial charge on any atom is 0.418 e. The number of carbonyl (C=O) groups is 3. The van der Waals surface area contributed by atoms with Crippen LogP contribution < -0.4 is 21.3 Å². The van der Waals surface area contributed by atoms with E-state index in [0.717, 1.165) is 49.1 Å². The fourth-order valence-electron chi connectivity index (χ4n) is 4.45. The summed E-state index contributed by atoms with van der Waals surface area (Å²) < 4.78 is 46.3. The molecule has 11 heteroatoms. The average Bonchev–Trinajstić information content (AvgIpc) is 3.54. The van der Waals surface area contributed by atoms with Gasteiger partial charge in [-0.15, -0.1) is 0 Å². The number of primary amides is 1. The zero-order chi connectivity index (χ0) is 23.8. The van der Waals surface area contributed by atoms with Crippen LogP contribution in [-0.2, 0) is 25.3 Å². The van der Waals surface area contributed by atoms with Crippen molar-refractivity contribution in [1.29, 1.82) is 0 Å². The van der Waals surface area contributed by atoms with Crippen molar-refractivity contribution < 1.29 is 32.3 Å². The molecule has 3 aliphatic rings. The van der Waals surface area contributed by atoms with Gasteiger partial charge in [0.05, 0.1) is 17.9 Å². The molecule has 1 aromatic carbocycles. The fourth-order valence-corrected chi connectivity index (χ4v) is 4.45. The highest BCUT2D eigenvalue weighted by Gasteiger charge is 2.42. The molecule has 1 aromatic rings. The molecular formula is C22H27F3N4O4. The lowest BCUT2D eigenvalue weighted by Crippen LogP contribution is -2.56. The predicted octanol–water partition coefficient (Wildman–Crippen LogP) is 2.03. The monoisotopic (exact) mass is 468 g/mol. The molecule has 1 aliphatic heterocycles. The summed E-state index contributed by atoms with van der Waals surface area (Å²) in [5, 5.41) is 5.46. The quantitative estimate of drug-likeness (QED) is 0.506. The molecule has 0 radical (unpaired) electrons. The van der Waals surface area contributed by atoms with Crippen LogP contribution in [0.25, 0.3) is 0 Å². The zero-order valence-corrected chi connectivity index (χ0v) is 18.0. The summed E-state index contributed by atoms with van der Waals surface area (Å²) in [6, 6.07) is 1.80. The van der Waals surface area contributed by atoms with Crippen molar-refractivity contribution in [1.82, 2.24) is 5.32 Å². The Labute approximate surface area is 189 Å². The second-order valence-electron chi connectivity index (χ2n) is 8.87. The Kier molecular flexibility index (Phi) is 6.62. The Bertz CT molecular complexity index is 931. The van der Waals surface area contributed by atoms with Crippen LogP contribution in [-0.4, -0.2) is 49.6 Å². The summed E-state index contributed by atoms with van der Waals surface area (Å²) in [5.74, 6) is -1.52. The van der Waals surface area contributed by atoms with Gasteiger partial charge in [-0.1, -0.05) is 6.42 Å². The van der Waals surface area contributed by atoms with Crippen molar-refractivity contribution in [2.75, 3.05) is 30.0 Å². The summed E-state index contributed by atoms with van der Waals surface area (Å²) in [7, 11) is 0. The van der Waals surface area contributed by atoms with Gasteiger partial charge in [-0.2, -0.15) is 13.2 Å². The standard InChI is InChI=1S/C22H27F3N4O4/c23-22(24,25)15-10-14(6-7-16(15)29-8-9-33-11-17(29)30)27-21(32)19(20(26)31)28-18(13-4-5-13)12-2-1-3-12/h6-7,10,12-13,18-19,28H,1-5,8-9,11H2,(H2,26,31)(H,27,32)/t18?,19-/m1/s1. The van der Waals surface area contributed by atoms with Crippen LogP contribution in [0, 0.1) is 11.8 Å². The molecule has 2 atom stereocenters. The number of benzene rings is 1. The third kappa shape index (κ3) is 5.30. The smallest absolute Gasteiger partial charge is 0.370 e. The van der Waals surface area contributed by atoms with Gasteiger partial charge in [0.1, 0.15) is 6.61 Å². The molecule has 0 spiro atoms. The predicted molar refractivity (Wildman–Crippen MR) is 113 cm³/mol. The first kappa shape index (κ1) is 23.5. The summed E-state index contributed by atoms with van der Waals surface area (Å²) >= 11 is 0. The van der Waals surface area contributed by atoms with Gasteiger partial charge in [0.15, 0.2) is 6.04 Å². The first-order valence-electron chi connectivity index (χ1n) is 11.1. The van der Waals surface area contributed by atoms with Gasteiger partial charge in [-0.3, -0.25) is 19.7 Å². The second-order valence-corrected chi connectivity index (χ2v) is 8.87. The Morgan fingerprint density at radius 3 is 2.39 bits per heavy atom. The fraction of sp³-hybridized carbons (Fsp3) is 0.591. The van der Waals surface area contributed by atoms with Crippen LogP contribution in [0.2, 0.25) is 0 Å². The van der Waals surface area contributed by atoms with Gasteiger partial charge in [0, 0.05) is 18.3 Å². The summed E-state index contributed by atoms with van der Waals surface area (Å²) in [6.45, 7) is -0.188. The van der Waals surface area contributed by atoms with E-state index in [2.05, 4.69) is 10.6 Å². The lowest BCUT2D eigenvalue weighted by molar-refractivity contribution is -0.137. The van der Waals surface area contributed by atoms with E-state index in [4.69, 9.17) is 10.5 Å². The van der Waals surface area contributed by atoms with Crippen molar-refractivity contribution in [3.8, 4) is 0 Å². The lowest BCUT2D eigenvalue weighted by Gasteiger charge is -2.36. The molecule has 0 bridgehead atoms. The lowest BCUT2D eigenvalue weighted by atomic mass is 9.77. The minimum absolute atomic E-state index is 0.00892. The highest BCUT2D eigenvalue weighted by Crippen LogP contribution is 2.42. The summed E-state index contributed by atoms with van der Waals surface area (Å²) in [4.78, 5) is 37.9. The molecule has 1 unspecified atom stereocenters. The van der Waals surface area contributed by atoms with Crippen LogP contribution in [0.15, 0.2) is 18.2 Å². The molecule has 1 saturated heterocycles. The van der Waals surface area contributed by atoms with E-state index >= 15 is 0 Å². The molecule has 33 heavy (non-hydrogen) atoms. The normalized spacial score (nSPS) is 21.3. The van der Waals surface area contributed by atoms with Gasteiger partial charge in [-0.25, -0.2) is 0 Å². The average molecular weight is 468 g/mol. The van der Waals surface area contributed by atoms with E-state index in [-0.39, 0.29) is 37.2 Å². The number of carbonyl (C=O) groups excluding carboxylic acids is 3. The number of nitrogens with two attached hydrogens (primary N) is 1. The van der Waals surface area contributed by atoms with Crippen LogP contribution in [0.4, 0.5) is 24.5 Å². The number of halogens is 3. The molecule has 180 valence electrons. The highest BCUT2D eigenvalue weighted by molar-refractivity contribution is 6.09. The summed E-state index contributed by atoms with van der Waals surface area (Å²) in [5.41, 5.74) is 3.94. The third-order valence-corrected chi connectivity index (χ3v) is 6.54. The number of amides is 3. The SMILES string of the molecule is NC(=O)[C@@H](NC(C1CCC1)C1CC1)C(=O)Nc1ccc(N2CCOCC2=O)c(C(F)(F)F)c1. The first-order valence-corrected chi connectivity index (χ1v) is 11.1. The number of alkyl halides is 3. The Hall–Kier alpha value is -2.66. The van der Waals surface area contributed by atoms with Crippen molar-refractivity contribution in [2.45, 2.75) is 50.4 Å². The Balaban J connectivity index is 1.53. The molecule has 0 aromatic heterocycles. The van der Waals surface area contributed by atoms with Gasteiger partial charge >= 0.3 is 6.18 Å². The first-order chi connectivity index (χ1) is 15.6. The van der Waals surface area contributed by atoms with Gasteiger partial charge in [-0.05, 0) is 55.7 Å². The molecule has 3 amide bonds. The van der Waals surface area contributed by atoms with Crippen molar-refractivity contribution in [2.24, 2.45) is 17.6 Å². The molecule has 8 nitrogen and oxygen atoms in total. The largest absolute Gasteiger partial charge is 0.418 e. The van der Waals surface area contributed by atoms with Crippen LogP contribution in [0.1, 0.15) is 37.7 Å². The third-order valence-electron chi connectivity index (χ3n) is 6.54. The number of nitrogens with zero attached hydrogens (tertiary/aromatic N) is 1. The zero-order valence-electron chi connectivity index (χ0n) is 18.0. The maximum absolute atomic E-state index is 13.8. The van der Waals surface area contributed by atoms with Gasteiger partial charge in [0.2, 0.25) is 5.91 Å². The molecular weight excluding hydrogens is 441 g/mol. The van der Waals surface area contributed by atoms with E-state index < -0.39 is 35.5 Å². The number of ether oxygens (including phenoxy) is 1. The number of nitrogens with one attached hydrogen (secondary N) is 2. The molecule has 1 heterocycles. The molecule has 4 N–H and O–H groups in total. The number of anilines is 2. The van der Waals surface area contributed by atoms with Crippen molar-refractivity contribution in [3.05, 3.63) is 23.8 Å². The highest BCUT2D eigenvalue weighted by atomic mass is 19.4. The molecule has 3 fully saturated rings. The van der Waals surface area contributed by atoms with E-state index in [1.165, 1.54) is 6.07 Å². The minimum atomic E-state index is -4.77. The topological polar surface area (TPSA) is 114 Å². The van der Waals surface area contributed by atoms with Crippen molar-refractivity contribution in [3.63, 3.8) is 0 Å². The van der Waals surface area contributed by atoms with E-state index in [1.54, 1.807) is 0 Å². The van der Waals surface area contributed by atoms with E-state index in [9.17, 15) is 27.6 Å². The second kappa shape index (κ2) is 9.30. The van der Waals surface area contributed by atoms with Gasteiger partial charge < -0.3 is 20.7 Å².